The lowest BCUT2D eigenvalue weighted by atomic mass is 10.0. The van der Waals surface area contributed by atoms with Crippen molar-refractivity contribution in [3.8, 4) is 0 Å². The quantitative estimate of drug-likeness (QED) is 0.907. The van der Waals surface area contributed by atoms with Crippen LogP contribution in [0.5, 0.6) is 0 Å². The monoisotopic (exact) mass is 284 g/mol. The lowest BCUT2D eigenvalue weighted by Crippen LogP contribution is -2.44. The second-order valence-corrected chi connectivity index (χ2v) is 5.54. The zero-order valence-corrected chi connectivity index (χ0v) is 12.2. The molecule has 3 rings (SSSR count). The van der Waals surface area contributed by atoms with Crippen molar-refractivity contribution in [1.29, 1.82) is 0 Å². The van der Waals surface area contributed by atoms with E-state index in [1.165, 1.54) is 17.6 Å². The highest BCUT2D eigenvalue weighted by atomic mass is 16.1. The van der Waals surface area contributed by atoms with E-state index in [0.29, 0.717) is 5.69 Å². The van der Waals surface area contributed by atoms with E-state index in [2.05, 4.69) is 51.4 Å². The number of H-pyrrole nitrogens is 1. The molecule has 0 spiro atoms. The first kappa shape index (κ1) is 13.7. The van der Waals surface area contributed by atoms with Crippen molar-refractivity contribution in [3.05, 3.63) is 48.0 Å². The van der Waals surface area contributed by atoms with Gasteiger partial charge >= 0.3 is 0 Å². The fourth-order valence-corrected chi connectivity index (χ4v) is 2.75. The number of benzene rings is 1. The second kappa shape index (κ2) is 5.99. The van der Waals surface area contributed by atoms with E-state index in [9.17, 15) is 4.79 Å². The molecule has 5 heteroatoms. The Kier molecular flexibility index (Phi) is 3.90. The van der Waals surface area contributed by atoms with Gasteiger partial charge in [0.05, 0.1) is 12.5 Å². The molecule has 0 saturated carbocycles. The summed E-state index contributed by atoms with van der Waals surface area (Å²) in [6.45, 7) is 4.05. The highest BCUT2D eigenvalue weighted by Crippen LogP contribution is 2.21. The van der Waals surface area contributed by atoms with Crippen molar-refractivity contribution in [2.75, 3.05) is 18.0 Å². The Balaban J connectivity index is 1.54. The van der Waals surface area contributed by atoms with Crippen LogP contribution in [-0.4, -0.2) is 35.0 Å². The van der Waals surface area contributed by atoms with Gasteiger partial charge in [-0.3, -0.25) is 4.79 Å². The number of amides is 1. The van der Waals surface area contributed by atoms with Gasteiger partial charge in [0, 0.05) is 24.8 Å². The topological polar surface area (TPSA) is 61.0 Å². The van der Waals surface area contributed by atoms with Gasteiger partial charge < -0.3 is 15.2 Å². The van der Waals surface area contributed by atoms with Crippen molar-refractivity contribution < 1.29 is 4.79 Å². The number of carbonyl (C=O) groups excluding carboxylic acids is 1. The maximum Gasteiger partial charge on any atom is 0.269 e. The van der Waals surface area contributed by atoms with Gasteiger partial charge in [0.25, 0.3) is 5.91 Å². The number of aromatic nitrogens is 2. The minimum Gasteiger partial charge on any atom is -0.371 e. The lowest BCUT2D eigenvalue weighted by Gasteiger charge is -2.34. The third kappa shape index (κ3) is 3.24. The molecule has 0 bridgehead atoms. The zero-order chi connectivity index (χ0) is 14.7. The number of anilines is 1. The number of carbonyl (C=O) groups is 1. The van der Waals surface area contributed by atoms with Crippen molar-refractivity contribution in [2.24, 2.45) is 0 Å². The van der Waals surface area contributed by atoms with Gasteiger partial charge in [-0.1, -0.05) is 12.1 Å². The van der Waals surface area contributed by atoms with Crippen LogP contribution in [0.1, 0.15) is 28.9 Å². The maximum absolute atomic E-state index is 12.0. The molecule has 0 unspecified atom stereocenters. The Morgan fingerprint density at radius 2 is 2.19 bits per heavy atom. The Morgan fingerprint density at radius 1 is 1.38 bits per heavy atom. The first-order valence-corrected chi connectivity index (χ1v) is 7.33. The summed E-state index contributed by atoms with van der Waals surface area (Å²) in [5.41, 5.74) is 3.08. The SMILES string of the molecule is Cc1cccc(N2CCC(NC(=O)c3cnc[nH]3)CC2)c1. The number of nitrogens with zero attached hydrogens (tertiary/aromatic N) is 2. The van der Waals surface area contributed by atoms with E-state index in [-0.39, 0.29) is 11.9 Å². The molecule has 1 aliphatic heterocycles. The molecule has 1 aromatic carbocycles. The molecule has 5 nitrogen and oxygen atoms in total. The number of hydrogen-bond acceptors (Lipinski definition) is 3. The van der Waals surface area contributed by atoms with Crippen LogP contribution in [0.3, 0.4) is 0 Å². The maximum atomic E-state index is 12.0. The Morgan fingerprint density at radius 3 is 2.86 bits per heavy atom. The van der Waals surface area contributed by atoms with Gasteiger partial charge in [-0.25, -0.2) is 4.98 Å². The van der Waals surface area contributed by atoms with Gasteiger partial charge in [0.15, 0.2) is 0 Å². The van der Waals surface area contributed by atoms with Crippen LogP contribution in [0.15, 0.2) is 36.8 Å². The van der Waals surface area contributed by atoms with Gasteiger partial charge in [0.1, 0.15) is 5.69 Å². The van der Waals surface area contributed by atoms with Gasteiger partial charge in [-0.2, -0.15) is 0 Å². The third-order valence-corrected chi connectivity index (χ3v) is 3.94. The van der Waals surface area contributed by atoms with Gasteiger partial charge in [-0.15, -0.1) is 0 Å². The number of nitrogens with one attached hydrogen (secondary N) is 2. The first-order chi connectivity index (χ1) is 10.2. The van der Waals surface area contributed by atoms with Crippen LogP contribution in [0.4, 0.5) is 5.69 Å². The summed E-state index contributed by atoms with van der Waals surface area (Å²) in [7, 11) is 0. The highest BCUT2D eigenvalue weighted by molar-refractivity contribution is 5.92. The van der Waals surface area contributed by atoms with Crippen LogP contribution in [0, 0.1) is 6.92 Å². The standard InChI is InChI=1S/C16H20N4O/c1-12-3-2-4-14(9-12)20-7-5-13(6-8-20)19-16(21)15-10-17-11-18-15/h2-4,9-11,13H,5-8H2,1H3,(H,17,18)(H,19,21). The molecule has 0 radical (unpaired) electrons. The normalized spacial score (nSPS) is 16.0. The molecule has 0 aliphatic carbocycles. The fourth-order valence-electron chi connectivity index (χ4n) is 2.75. The molecular formula is C16H20N4O. The largest absolute Gasteiger partial charge is 0.371 e. The van der Waals surface area contributed by atoms with Gasteiger partial charge in [-0.05, 0) is 37.5 Å². The number of imidazole rings is 1. The van der Waals surface area contributed by atoms with E-state index in [0.717, 1.165) is 25.9 Å². The average molecular weight is 284 g/mol. The molecule has 1 aliphatic rings. The van der Waals surface area contributed by atoms with Crippen LogP contribution < -0.4 is 10.2 Å². The lowest BCUT2D eigenvalue weighted by molar-refractivity contribution is 0.0926. The van der Waals surface area contributed by atoms with E-state index in [1.54, 1.807) is 6.20 Å². The van der Waals surface area contributed by atoms with E-state index in [4.69, 9.17) is 0 Å². The summed E-state index contributed by atoms with van der Waals surface area (Å²) < 4.78 is 0. The fraction of sp³-hybridized carbons (Fsp3) is 0.375. The third-order valence-electron chi connectivity index (χ3n) is 3.94. The van der Waals surface area contributed by atoms with E-state index >= 15 is 0 Å². The summed E-state index contributed by atoms with van der Waals surface area (Å²) >= 11 is 0. The van der Waals surface area contributed by atoms with Crippen molar-refractivity contribution in [3.63, 3.8) is 0 Å². The Labute approximate surface area is 124 Å². The molecule has 21 heavy (non-hydrogen) atoms. The molecule has 1 saturated heterocycles. The number of hydrogen-bond donors (Lipinski definition) is 2. The Bertz CT molecular complexity index is 600. The minimum atomic E-state index is -0.0681. The molecule has 2 aromatic rings. The molecule has 1 amide bonds. The smallest absolute Gasteiger partial charge is 0.269 e. The number of piperidine rings is 1. The molecule has 0 atom stereocenters. The summed E-state index contributed by atoms with van der Waals surface area (Å²) in [6.07, 6.45) is 5.01. The molecule has 1 fully saturated rings. The molecule has 2 N–H and O–H groups in total. The van der Waals surface area contributed by atoms with E-state index in [1.807, 2.05) is 0 Å². The number of aromatic amines is 1. The first-order valence-electron chi connectivity index (χ1n) is 7.33. The van der Waals surface area contributed by atoms with Crippen LogP contribution in [-0.2, 0) is 0 Å². The van der Waals surface area contributed by atoms with Crippen LogP contribution >= 0.6 is 0 Å². The number of aryl methyl sites for hydroxylation is 1. The highest BCUT2D eigenvalue weighted by Gasteiger charge is 2.21. The second-order valence-electron chi connectivity index (χ2n) is 5.54. The molecule has 2 heterocycles. The van der Waals surface area contributed by atoms with Crippen molar-refractivity contribution in [1.82, 2.24) is 15.3 Å². The predicted molar refractivity (Wildman–Crippen MR) is 82.5 cm³/mol. The summed E-state index contributed by atoms with van der Waals surface area (Å²) in [5, 5.41) is 3.07. The summed E-state index contributed by atoms with van der Waals surface area (Å²) in [6, 6.07) is 8.80. The molecule has 110 valence electrons. The summed E-state index contributed by atoms with van der Waals surface area (Å²) in [4.78, 5) is 21.1. The van der Waals surface area contributed by atoms with Crippen molar-refractivity contribution in [2.45, 2.75) is 25.8 Å². The number of rotatable bonds is 3. The average Bonchev–Trinajstić information content (AvgIpc) is 3.02. The Hall–Kier alpha value is -2.30. The van der Waals surface area contributed by atoms with Gasteiger partial charge in [0.2, 0.25) is 0 Å². The van der Waals surface area contributed by atoms with E-state index < -0.39 is 0 Å². The zero-order valence-electron chi connectivity index (χ0n) is 12.2. The predicted octanol–water partition coefficient (Wildman–Crippen LogP) is 2.12. The van der Waals surface area contributed by atoms with Crippen LogP contribution in [0.2, 0.25) is 0 Å². The summed E-state index contributed by atoms with van der Waals surface area (Å²) in [5.74, 6) is -0.0681. The molecule has 1 aromatic heterocycles. The van der Waals surface area contributed by atoms with Crippen molar-refractivity contribution >= 4 is 11.6 Å². The minimum absolute atomic E-state index is 0.0681. The molecular weight excluding hydrogens is 264 g/mol. The van der Waals surface area contributed by atoms with Crippen LogP contribution in [0.25, 0.3) is 0 Å².